The molecule has 24 heavy (non-hydrogen) atoms. The van der Waals surface area contributed by atoms with E-state index >= 15 is 0 Å². The first-order chi connectivity index (χ1) is 11.5. The van der Waals surface area contributed by atoms with Gasteiger partial charge in [0.05, 0.1) is 5.69 Å². The fourth-order valence-electron chi connectivity index (χ4n) is 2.43. The van der Waals surface area contributed by atoms with Crippen molar-refractivity contribution in [2.24, 2.45) is 5.92 Å². The number of carbonyl (C=O) groups excluding carboxylic acids is 1. The van der Waals surface area contributed by atoms with Crippen molar-refractivity contribution in [3.63, 3.8) is 0 Å². The van der Waals surface area contributed by atoms with Gasteiger partial charge in [0.15, 0.2) is 0 Å². The fraction of sp³-hybridized carbons (Fsp3) is 0.294. The molecule has 1 aliphatic carbocycles. The van der Waals surface area contributed by atoms with Gasteiger partial charge in [0, 0.05) is 6.07 Å². The van der Waals surface area contributed by atoms with Crippen LogP contribution in [0, 0.1) is 5.92 Å². The first-order valence-electron chi connectivity index (χ1n) is 7.74. The van der Waals surface area contributed by atoms with Gasteiger partial charge in [0.1, 0.15) is 11.7 Å². The molecule has 1 fully saturated rings. The number of carbonyl (C=O) groups is 2. The van der Waals surface area contributed by atoms with Gasteiger partial charge in [0.25, 0.3) is 11.5 Å². The predicted molar refractivity (Wildman–Crippen MR) is 86.1 cm³/mol. The number of carboxylic acid groups (broad SMARTS) is 1. The Morgan fingerprint density at radius 3 is 2.54 bits per heavy atom. The maximum atomic E-state index is 12.3. The van der Waals surface area contributed by atoms with Crippen LogP contribution in [-0.2, 0) is 4.79 Å². The lowest BCUT2D eigenvalue weighted by atomic mass is 10.1. The molecule has 0 radical (unpaired) electrons. The summed E-state index contributed by atoms with van der Waals surface area (Å²) >= 11 is 0. The molecule has 3 rings (SSSR count). The van der Waals surface area contributed by atoms with E-state index in [9.17, 15) is 19.5 Å². The van der Waals surface area contributed by atoms with Gasteiger partial charge in [0.2, 0.25) is 0 Å². The Balaban J connectivity index is 1.82. The molecule has 7 nitrogen and oxygen atoms in total. The summed E-state index contributed by atoms with van der Waals surface area (Å²) in [6.07, 6.45) is 2.41. The second-order valence-electron chi connectivity index (χ2n) is 5.85. The van der Waals surface area contributed by atoms with Crippen LogP contribution < -0.4 is 10.9 Å². The average molecular weight is 327 g/mol. The highest BCUT2D eigenvalue weighted by Crippen LogP contribution is 2.33. The standard InChI is InChI=1S/C17H17N3O4/c21-15-9-8-13(19-20(15)12-4-2-1-3-5-12)16(22)18-14(17(23)24)10-11-6-7-11/h1-5,8-9,11,14H,6-7,10H2,(H,18,22)(H,23,24). The number of carboxylic acids is 1. The van der Waals surface area contributed by atoms with Crippen molar-refractivity contribution in [3.8, 4) is 5.69 Å². The minimum absolute atomic E-state index is 0.000463. The van der Waals surface area contributed by atoms with E-state index in [0.29, 0.717) is 18.0 Å². The molecule has 2 aromatic rings. The van der Waals surface area contributed by atoms with Gasteiger partial charge < -0.3 is 10.4 Å². The Hall–Kier alpha value is -2.96. The maximum Gasteiger partial charge on any atom is 0.326 e. The molecule has 1 aliphatic rings. The van der Waals surface area contributed by atoms with Crippen molar-refractivity contribution in [3.05, 3.63) is 58.5 Å². The average Bonchev–Trinajstić information content (AvgIpc) is 3.39. The molecule has 1 atom stereocenters. The van der Waals surface area contributed by atoms with Gasteiger partial charge in [-0.3, -0.25) is 9.59 Å². The first kappa shape index (κ1) is 15.9. The van der Waals surface area contributed by atoms with Gasteiger partial charge in [-0.25, -0.2) is 4.79 Å². The van der Waals surface area contributed by atoms with Crippen molar-refractivity contribution in [2.45, 2.75) is 25.3 Å². The summed E-state index contributed by atoms with van der Waals surface area (Å²) in [5.41, 5.74) is 0.163. The van der Waals surface area contributed by atoms with Crippen LogP contribution in [0.5, 0.6) is 0 Å². The van der Waals surface area contributed by atoms with Crippen molar-refractivity contribution >= 4 is 11.9 Å². The topological polar surface area (TPSA) is 101 Å². The number of aliphatic carboxylic acids is 1. The van der Waals surface area contributed by atoms with Crippen LogP contribution in [-0.4, -0.2) is 32.8 Å². The highest BCUT2D eigenvalue weighted by atomic mass is 16.4. The number of nitrogens with one attached hydrogen (secondary N) is 1. The lowest BCUT2D eigenvalue weighted by Crippen LogP contribution is -2.42. The molecule has 1 aromatic carbocycles. The summed E-state index contributed by atoms with van der Waals surface area (Å²) in [5.74, 6) is -1.31. The molecule has 1 heterocycles. The van der Waals surface area contributed by atoms with E-state index in [1.54, 1.807) is 30.3 Å². The largest absolute Gasteiger partial charge is 0.480 e. The summed E-state index contributed by atoms with van der Waals surface area (Å²) in [7, 11) is 0. The normalized spacial score (nSPS) is 14.8. The molecule has 0 spiro atoms. The second-order valence-corrected chi connectivity index (χ2v) is 5.85. The molecule has 1 unspecified atom stereocenters. The Morgan fingerprint density at radius 2 is 1.92 bits per heavy atom. The Bertz CT molecular complexity index is 812. The van der Waals surface area contributed by atoms with Crippen LogP contribution in [0.4, 0.5) is 0 Å². The molecule has 0 saturated heterocycles. The van der Waals surface area contributed by atoms with E-state index in [4.69, 9.17) is 0 Å². The number of aromatic nitrogens is 2. The summed E-state index contributed by atoms with van der Waals surface area (Å²) in [6.45, 7) is 0. The third-order valence-corrected chi connectivity index (χ3v) is 3.90. The predicted octanol–water partition coefficient (Wildman–Crippen LogP) is 1.22. The molecule has 124 valence electrons. The molecule has 1 amide bonds. The molecule has 0 bridgehead atoms. The van der Waals surface area contributed by atoms with Crippen LogP contribution in [0.15, 0.2) is 47.3 Å². The highest BCUT2D eigenvalue weighted by molar-refractivity contribution is 5.94. The van der Waals surface area contributed by atoms with Crippen LogP contribution in [0.1, 0.15) is 29.8 Å². The van der Waals surface area contributed by atoms with E-state index in [-0.39, 0.29) is 11.3 Å². The van der Waals surface area contributed by atoms with Gasteiger partial charge in [-0.15, -0.1) is 0 Å². The summed E-state index contributed by atoms with van der Waals surface area (Å²) < 4.78 is 1.12. The molecule has 2 N–H and O–H groups in total. The van der Waals surface area contributed by atoms with Crippen molar-refractivity contribution in [2.75, 3.05) is 0 Å². The Morgan fingerprint density at radius 1 is 1.21 bits per heavy atom. The lowest BCUT2D eigenvalue weighted by molar-refractivity contribution is -0.139. The van der Waals surface area contributed by atoms with Crippen molar-refractivity contribution < 1.29 is 14.7 Å². The molecular weight excluding hydrogens is 310 g/mol. The zero-order valence-electron chi connectivity index (χ0n) is 12.9. The highest BCUT2D eigenvalue weighted by Gasteiger charge is 2.30. The number of hydrogen-bond donors (Lipinski definition) is 2. The van der Waals surface area contributed by atoms with E-state index in [0.717, 1.165) is 17.5 Å². The quantitative estimate of drug-likeness (QED) is 0.830. The summed E-state index contributed by atoms with van der Waals surface area (Å²) in [4.78, 5) is 35.5. The van der Waals surface area contributed by atoms with Crippen molar-refractivity contribution in [1.82, 2.24) is 15.1 Å². The van der Waals surface area contributed by atoms with Gasteiger partial charge in [-0.1, -0.05) is 31.0 Å². The van der Waals surface area contributed by atoms with Gasteiger partial charge in [-0.2, -0.15) is 9.78 Å². The van der Waals surface area contributed by atoms with Gasteiger partial charge in [-0.05, 0) is 30.5 Å². The minimum Gasteiger partial charge on any atom is -0.480 e. The number of rotatable bonds is 6. The van der Waals surface area contributed by atoms with E-state index in [1.807, 2.05) is 0 Å². The number of amides is 1. The number of para-hydroxylation sites is 1. The number of hydrogen-bond acceptors (Lipinski definition) is 4. The van der Waals surface area contributed by atoms with Crippen LogP contribution in [0.3, 0.4) is 0 Å². The zero-order valence-corrected chi connectivity index (χ0v) is 12.9. The Kier molecular flexibility index (Phi) is 4.41. The van der Waals surface area contributed by atoms with Gasteiger partial charge >= 0.3 is 5.97 Å². The van der Waals surface area contributed by atoms with E-state index in [1.165, 1.54) is 12.1 Å². The Labute approximate surface area is 137 Å². The monoisotopic (exact) mass is 327 g/mol. The van der Waals surface area contributed by atoms with E-state index in [2.05, 4.69) is 10.4 Å². The van der Waals surface area contributed by atoms with Crippen LogP contribution in [0.25, 0.3) is 5.69 Å². The third-order valence-electron chi connectivity index (χ3n) is 3.90. The fourth-order valence-corrected chi connectivity index (χ4v) is 2.43. The molecule has 1 saturated carbocycles. The minimum atomic E-state index is -1.06. The number of benzene rings is 1. The van der Waals surface area contributed by atoms with E-state index < -0.39 is 17.9 Å². The molecule has 1 aromatic heterocycles. The lowest BCUT2D eigenvalue weighted by Gasteiger charge is -2.14. The zero-order chi connectivity index (χ0) is 17.1. The first-order valence-corrected chi connectivity index (χ1v) is 7.74. The molecule has 7 heteroatoms. The smallest absolute Gasteiger partial charge is 0.326 e. The van der Waals surface area contributed by atoms with Crippen LogP contribution >= 0.6 is 0 Å². The molecular formula is C17H17N3O4. The third kappa shape index (κ3) is 3.68. The SMILES string of the molecule is O=C(NC(CC1CC1)C(=O)O)c1ccc(=O)n(-c2ccccc2)n1. The van der Waals surface area contributed by atoms with Crippen LogP contribution in [0.2, 0.25) is 0 Å². The molecule has 0 aliphatic heterocycles. The maximum absolute atomic E-state index is 12.3. The second kappa shape index (κ2) is 6.66. The number of nitrogens with zero attached hydrogens (tertiary/aromatic N) is 2. The summed E-state index contributed by atoms with van der Waals surface area (Å²) in [6, 6.07) is 10.3. The summed E-state index contributed by atoms with van der Waals surface area (Å²) in [5, 5.41) is 15.8. The van der Waals surface area contributed by atoms with Crippen molar-refractivity contribution in [1.29, 1.82) is 0 Å².